The largest absolute Gasteiger partial charge is 0.490 e. The molecule has 0 radical (unpaired) electrons. The molecule has 0 bridgehead atoms. The zero-order chi connectivity index (χ0) is 36.2. The van der Waals surface area contributed by atoms with Crippen LogP contribution in [0.4, 0.5) is 39.5 Å². The van der Waals surface area contributed by atoms with Crippen molar-refractivity contribution in [3.05, 3.63) is 54.0 Å². The predicted octanol–water partition coefficient (Wildman–Crippen LogP) is 3.83. The van der Waals surface area contributed by atoms with Crippen LogP contribution in [0.5, 0.6) is 5.88 Å². The monoisotopic (exact) mass is 691 g/mol. The number of likely N-dealkylation sites (tertiary alicyclic amines) is 2. The molecule has 0 amide bonds. The second kappa shape index (κ2) is 16.7. The molecule has 260 valence electrons. The Kier molecular flexibility index (Phi) is 14.4. The summed E-state index contributed by atoms with van der Waals surface area (Å²) in [5, 5.41) is 30.2. The van der Waals surface area contributed by atoms with Gasteiger partial charge in [-0.2, -0.15) is 44.8 Å². The van der Waals surface area contributed by atoms with E-state index >= 15 is 0 Å². The second-order valence-electron chi connectivity index (χ2n) is 9.86. The maximum atomic E-state index is 10.6. The molecule has 2 saturated heterocycles. The average Bonchev–Trinajstić information content (AvgIpc) is 3.28. The van der Waals surface area contributed by atoms with Crippen molar-refractivity contribution in [3.8, 4) is 11.9 Å². The first-order valence-electron chi connectivity index (χ1n) is 12.7. The highest BCUT2D eigenvalue weighted by atomic mass is 19.4. The maximum Gasteiger partial charge on any atom is 0.490 e. The summed E-state index contributed by atoms with van der Waals surface area (Å²) in [6, 6.07) is 11.7. The van der Waals surface area contributed by atoms with E-state index in [4.69, 9.17) is 39.7 Å². The van der Waals surface area contributed by atoms with E-state index in [2.05, 4.69) is 39.0 Å². The smallest absolute Gasteiger partial charge is 0.477 e. The number of hydrogen-bond acceptors (Lipinski definition) is 9. The number of nitriles is 1. The average molecular weight is 692 g/mol. The molecule has 2 aliphatic rings. The molecule has 2 fully saturated rings. The van der Waals surface area contributed by atoms with Crippen molar-refractivity contribution < 1.29 is 74.0 Å². The van der Waals surface area contributed by atoms with Crippen LogP contribution >= 0.6 is 0 Å². The fraction of sp³-hybridized carbons (Fsp3) is 0.462. The number of nitrogens with zero attached hydrogens (tertiary/aromatic N) is 5. The molecule has 0 saturated carbocycles. The number of carbonyl (C=O) groups is 3. The van der Waals surface area contributed by atoms with Crippen molar-refractivity contribution in [3.63, 3.8) is 0 Å². The third kappa shape index (κ3) is 14.1. The molecular formula is C26H26F9N5O7. The van der Waals surface area contributed by atoms with E-state index in [0.717, 1.165) is 38.3 Å². The Bertz CT molecular complexity index is 1300. The number of carboxylic acid groups (broad SMARTS) is 3. The summed E-state index contributed by atoms with van der Waals surface area (Å²) in [4.78, 5) is 40.2. The molecule has 12 nitrogen and oxygen atoms in total. The van der Waals surface area contributed by atoms with Gasteiger partial charge in [0.25, 0.3) is 0 Å². The normalized spacial score (nSPS) is 17.3. The summed E-state index contributed by atoms with van der Waals surface area (Å²) < 4.78 is 101. The van der Waals surface area contributed by atoms with Gasteiger partial charge in [-0.1, -0.05) is 6.07 Å². The molecule has 0 aliphatic carbocycles. The summed E-state index contributed by atoms with van der Waals surface area (Å²) in [6.45, 7) is 4.82. The van der Waals surface area contributed by atoms with Crippen molar-refractivity contribution in [1.82, 2.24) is 19.8 Å². The molecule has 1 unspecified atom stereocenters. The number of halogens is 9. The molecule has 4 heterocycles. The van der Waals surface area contributed by atoms with Crippen LogP contribution < -0.4 is 4.74 Å². The van der Waals surface area contributed by atoms with Gasteiger partial charge in [0.2, 0.25) is 5.88 Å². The van der Waals surface area contributed by atoms with Crippen LogP contribution in [0.25, 0.3) is 0 Å². The van der Waals surface area contributed by atoms with Gasteiger partial charge >= 0.3 is 36.4 Å². The fourth-order valence-electron chi connectivity index (χ4n) is 4.17. The number of alkyl halides is 9. The molecule has 1 atom stereocenters. The first kappa shape index (κ1) is 40.3. The molecule has 3 N–H and O–H groups in total. The third-order valence-corrected chi connectivity index (χ3v) is 6.22. The summed E-state index contributed by atoms with van der Waals surface area (Å²) in [6.07, 6.45) is -10.7. The lowest BCUT2D eigenvalue weighted by molar-refractivity contribution is -0.193. The van der Waals surface area contributed by atoms with Gasteiger partial charge in [-0.25, -0.2) is 19.4 Å². The highest BCUT2D eigenvalue weighted by Crippen LogP contribution is 2.40. The van der Waals surface area contributed by atoms with Gasteiger partial charge in [-0.05, 0) is 31.7 Å². The number of rotatable bonds is 5. The van der Waals surface area contributed by atoms with Gasteiger partial charge in [0.15, 0.2) is 0 Å². The van der Waals surface area contributed by atoms with Gasteiger partial charge < -0.3 is 20.1 Å². The summed E-state index contributed by atoms with van der Waals surface area (Å²) in [7, 11) is 2.22. The molecule has 2 aromatic rings. The Morgan fingerprint density at radius 3 is 1.81 bits per heavy atom. The zero-order valence-electron chi connectivity index (χ0n) is 24.0. The van der Waals surface area contributed by atoms with Gasteiger partial charge in [0, 0.05) is 56.1 Å². The van der Waals surface area contributed by atoms with Gasteiger partial charge in [-0.3, -0.25) is 14.8 Å². The first-order valence-corrected chi connectivity index (χ1v) is 12.7. The van der Waals surface area contributed by atoms with E-state index < -0.39 is 36.4 Å². The lowest BCUT2D eigenvalue weighted by Gasteiger charge is -2.52. The lowest BCUT2D eigenvalue weighted by atomic mass is 9.84. The number of aromatic nitrogens is 2. The Morgan fingerprint density at radius 1 is 0.915 bits per heavy atom. The van der Waals surface area contributed by atoms with Crippen LogP contribution in [-0.4, -0.2) is 110 Å². The number of likely N-dealkylation sites (N-methyl/N-ethyl adjacent to an activating group) is 1. The first-order chi connectivity index (χ1) is 21.5. The molecule has 0 aromatic carbocycles. The van der Waals surface area contributed by atoms with Crippen LogP contribution in [0.2, 0.25) is 0 Å². The topological polar surface area (TPSA) is 177 Å². The standard InChI is InChI=1S/C20H23N5O.3C2HF3O2/c1-24-11-17(13-26-19-6-5-16(9-21)10-23-19)8-20(24)14-25(15-20)12-18-4-2-3-7-22-18;3*3-2(4,5)1(6)7/h2-7,10,17H,8,11-15H2,1H3;3*(H,6,7). The number of hydrogen-bond donors (Lipinski definition) is 3. The zero-order valence-corrected chi connectivity index (χ0v) is 24.0. The molecular weight excluding hydrogens is 665 g/mol. The number of aliphatic carboxylic acids is 3. The van der Waals surface area contributed by atoms with E-state index in [1.165, 1.54) is 0 Å². The second-order valence-corrected chi connectivity index (χ2v) is 9.86. The van der Waals surface area contributed by atoms with Crippen LogP contribution in [0, 0.1) is 17.2 Å². The van der Waals surface area contributed by atoms with E-state index in [-0.39, 0.29) is 5.54 Å². The van der Waals surface area contributed by atoms with Gasteiger partial charge in [0.1, 0.15) is 6.07 Å². The van der Waals surface area contributed by atoms with E-state index in [1.54, 1.807) is 18.3 Å². The van der Waals surface area contributed by atoms with E-state index in [1.807, 2.05) is 18.3 Å². The molecule has 2 aromatic heterocycles. The van der Waals surface area contributed by atoms with Crippen molar-refractivity contribution in [2.45, 2.75) is 37.0 Å². The van der Waals surface area contributed by atoms with E-state index in [0.29, 0.717) is 24.0 Å². The van der Waals surface area contributed by atoms with Crippen molar-refractivity contribution in [2.24, 2.45) is 5.92 Å². The fourth-order valence-corrected chi connectivity index (χ4v) is 4.17. The minimum absolute atomic E-state index is 0.279. The number of pyridine rings is 2. The maximum absolute atomic E-state index is 10.6. The predicted molar refractivity (Wildman–Crippen MR) is 139 cm³/mol. The number of ether oxygens (including phenoxy) is 1. The Morgan fingerprint density at radius 2 is 1.43 bits per heavy atom. The minimum Gasteiger partial charge on any atom is -0.477 e. The van der Waals surface area contributed by atoms with Crippen molar-refractivity contribution in [1.29, 1.82) is 5.26 Å². The van der Waals surface area contributed by atoms with Crippen LogP contribution in [0.3, 0.4) is 0 Å². The molecule has 47 heavy (non-hydrogen) atoms. The summed E-state index contributed by atoms with van der Waals surface area (Å²) in [5.41, 5.74) is 1.97. The van der Waals surface area contributed by atoms with Crippen molar-refractivity contribution >= 4 is 17.9 Å². The highest BCUT2D eigenvalue weighted by Gasteiger charge is 2.51. The third-order valence-electron chi connectivity index (χ3n) is 6.22. The Hall–Kier alpha value is -4.71. The van der Waals surface area contributed by atoms with Gasteiger partial charge in [-0.15, -0.1) is 0 Å². The Balaban J connectivity index is 0.000000430. The molecule has 1 spiro atoms. The van der Waals surface area contributed by atoms with Crippen LogP contribution in [-0.2, 0) is 20.9 Å². The lowest BCUT2D eigenvalue weighted by Crippen LogP contribution is -2.66. The molecule has 4 rings (SSSR count). The minimum atomic E-state index is -5.08. The van der Waals surface area contributed by atoms with Crippen molar-refractivity contribution in [2.75, 3.05) is 33.3 Å². The molecule has 21 heteroatoms. The SMILES string of the molecule is CN1CC(COc2ccc(C#N)cn2)CC12CN(Cc1ccccn1)C2.O=C(O)C(F)(F)F.O=C(O)C(F)(F)F.O=C(O)C(F)(F)F. The summed E-state index contributed by atoms with van der Waals surface area (Å²) >= 11 is 0. The highest BCUT2D eigenvalue weighted by molar-refractivity contribution is 5.73. The summed E-state index contributed by atoms with van der Waals surface area (Å²) in [5.74, 6) is -7.17. The number of carboxylic acids is 3. The van der Waals surface area contributed by atoms with Crippen LogP contribution in [0.15, 0.2) is 42.7 Å². The van der Waals surface area contributed by atoms with E-state index in [9.17, 15) is 39.5 Å². The van der Waals surface area contributed by atoms with Gasteiger partial charge in [0.05, 0.1) is 17.9 Å². The quantitative estimate of drug-likeness (QED) is 0.387. The Labute approximate surface area is 259 Å². The molecule has 2 aliphatic heterocycles. The van der Waals surface area contributed by atoms with Crippen LogP contribution in [0.1, 0.15) is 17.7 Å².